The van der Waals surface area contributed by atoms with Crippen molar-refractivity contribution in [3.8, 4) is 5.75 Å². The Morgan fingerprint density at radius 2 is 2.12 bits per heavy atom. The number of ether oxygens (including phenoxy) is 1. The van der Waals surface area contributed by atoms with Crippen molar-refractivity contribution in [1.82, 2.24) is 15.6 Å². The van der Waals surface area contributed by atoms with Crippen molar-refractivity contribution >= 4 is 52.9 Å². The molecule has 0 spiro atoms. The molecule has 1 atom stereocenters. The van der Waals surface area contributed by atoms with Crippen LogP contribution in [0, 0.1) is 13.8 Å². The lowest BCUT2D eigenvalue weighted by Gasteiger charge is -2.17. The van der Waals surface area contributed by atoms with Gasteiger partial charge in [-0.25, -0.2) is 4.98 Å². The average molecular weight is 495 g/mol. The largest absolute Gasteiger partial charge is 0.489 e. The van der Waals surface area contributed by atoms with Gasteiger partial charge in [0.1, 0.15) is 11.9 Å². The number of thiazole rings is 1. The van der Waals surface area contributed by atoms with Crippen molar-refractivity contribution < 1.29 is 4.74 Å². The Bertz CT molecular complexity index is 708. The summed E-state index contributed by atoms with van der Waals surface area (Å²) in [5, 5.41) is 8.31. The molecule has 0 saturated heterocycles. The number of benzene rings is 1. The highest BCUT2D eigenvalue weighted by molar-refractivity contribution is 14.0. The van der Waals surface area contributed by atoms with Crippen molar-refractivity contribution in [2.45, 2.75) is 33.4 Å². The summed E-state index contributed by atoms with van der Waals surface area (Å²) in [6.07, 6.45) is -0.0191. The molecular formula is C17H24ClIN4OS. The minimum absolute atomic E-state index is 0. The van der Waals surface area contributed by atoms with Crippen LogP contribution in [0.2, 0.25) is 5.02 Å². The van der Waals surface area contributed by atoms with E-state index in [0.29, 0.717) is 18.1 Å². The number of rotatable bonds is 6. The van der Waals surface area contributed by atoms with E-state index in [1.54, 1.807) is 24.5 Å². The number of nitrogens with one attached hydrogen (secondary N) is 2. The summed E-state index contributed by atoms with van der Waals surface area (Å²) in [7, 11) is 1.75. The van der Waals surface area contributed by atoms with Gasteiger partial charge in [0, 0.05) is 16.9 Å². The molecule has 0 aliphatic heterocycles. The van der Waals surface area contributed by atoms with Gasteiger partial charge >= 0.3 is 0 Å². The summed E-state index contributed by atoms with van der Waals surface area (Å²) < 4.78 is 5.84. The van der Waals surface area contributed by atoms with Crippen LogP contribution in [0.5, 0.6) is 5.75 Å². The van der Waals surface area contributed by atoms with Crippen LogP contribution in [0.25, 0.3) is 0 Å². The number of hydrogen-bond donors (Lipinski definition) is 2. The lowest BCUT2D eigenvalue weighted by Crippen LogP contribution is -2.41. The van der Waals surface area contributed by atoms with Crippen molar-refractivity contribution in [3.63, 3.8) is 0 Å². The summed E-state index contributed by atoms with van der Waals surface area (Å²) in [4.78, 5) is 9.89. The van der Waals surface area contributed by atoms with Gasteiger partial charge in [0.15, 0.2) is 5.96 Å². The van der Waals surface area contributed by atoms with Gasteiger partial charge in [0.25, 0.3) is 0 Å². The Kier molecular flexibility index (Phi) is 9.52. The third kappa shape index (κ3) is 7.37. The SMILES string of the molecule is CN=C(NCc1sc(C)nc1C)NCC(C)Oc1cccc(Cl)c1.I. The third-order valence-electron chi connectivity index (χ3n) is 3.33. The fourth-order valence-electron chi connectivity index (χ4n) is 2.18. The van der Waals surface area contributed by atoms with Crippen LogP contribution in [0.15, 0.2) is 29.3 Å². The van der Waals surface area contributed by atoms with Gasteiger partial charge in [-0.15, -0.1) is 35.3 Å². The molecule has 0 fully saturated rings. The average Bonchev–Trinajstić information content (AvgIpc) is 2.85. The molecular weight excluding hydrogens is 471 g/mol. The molecule has 0 aliphatic carbocycles. The van der Waals surface area contributed by atoms with Crippen LogP contribution in [0.4, 0.5) is 0 Å². The first-order valence-corrected chi connectivity index (χ1v) is 8.97. The molecule has 138 valence electrons. The van der Waals surface area contributed by atoms with E-state index in [4.69, 9.17) is 16.3 Å². The van der Waals surface area contributed by atoms with E-state index in [2.05, 4.69) is 20.6 Å². The molecule has 8 heteroatoms. The van der Waals surface area contributed by atoms with Gasteiger partial charge in [-0.05, 0) is 39.0 Å². The summed E-state index contributed by atoms with van der Waals surface area (Å²) in [5.41, 5.74) is 1.07. The number of hydrogen-bond acceptors (Lipinski definition) is 4. The van der Waals surface area contributed by atoms with Gasteiger partial charge in [-0.2, -0.15) is 0 Å². The monoisotopic (exact) mass is 494 g/mol. The predicted octanol–water partition coefficient (Wildman–Crippen LogP) is 4.16. The zero-order chi connectivity index (χ0) is 17.5. The standard InChI is InChI=1S/C17H23ClN4OS.HI/c1-11(23-15-7-5-6-14(18)8-15)9-20-17(19-4)21-10-16-12(2)22-13(3)24-16;/h5-8,11H,9-10H2,1-4H3,(H2,19,20,21);1H. The summed E-state index contributed by atoms with van der Waals surface area (Å²) in [6.45, 7) is 7.38. The van der Waals surface area contributed by atoms with E-state index in [9.17, 15) is 0 Å². The Labute approximate surface area is 175 Å². The van der Waals surface area contributed by atoms with E-state index in [1.165, 1.54) is 4.88 Å². The van der Waals surface area contributed by atoms with Gasteiger partial charge < -0.3 is 15.4 Å². The Morgan fingerprint density at radius 1 is 1.36 bits per heavy atom. The van der Waals surface area contributed by atoms with Crippen LogP contribution in [-0.2, 0) is 6.54 Å². The van der Waals surface area contributed by atoms with E-state index in [-0.39, 0.29) is 30.1 Å². The third-order valence-corrected chi connectivity index (χ3v) is 4.64. The molecule has 0 bridgehead atoms. The summed E-state index contributed by atoms with van der Waals surface area (Å²) in [5.74, 6) is 1.50. The molecule has 1 aromatic heterocycles. The molecule has 1 heterocycles. The van der Waals surface area contributed by atoms with E-state index < -0.39 is 0 Å². The summed E-state index contributed by atoms with van der Waals surface area (Å²) in [6, 6.07) is 7.40. The van der Waals surface area contributed by atoms with Crippen LogP contribution in [0.3, 0.4) is 0 Å². The Balaban J connectivity index is 0.00000312. The first-order chi connectivity index (χ1) is 11.5. The second kappa shape index (κ2) is 10.8. The first-order valence-electron chi connectivity index (χ1n) is 7.77. The molecule has 1 aromatic carbocycles. The lowest BCUT2D eigenvalue weighted by molar-refractivity contribution is 0.224. The Morgan fingerprint density at radius 3 is 2.72 bits per heavy atom. The number of guanidine groups is 1. The molecule has 0 aliphatic rings. The van der Waals surface area contributed by atoms with Crippen LogP contribution >= 0.6 is 46.9 Å². The molecule has 0 amide bonds. The maximum absolute atomic E-state index is 5.96. The first kappa shape index (κ1) is 22.0. The highest BCUT2D eigenvalue weighted by Gasteiger charge is 2.08. The topological polar surface area (TPSA) is 58.5 Å². The fraction of sp³-hybridized carbons (Fsp3) is 0.412. The lowest BCUT2D eigenvalue weighted by atomic mass is 10.3. The minimum Gasteiger partial charge on any atom is -0.489 e. The van der Waals surface area contributed by atoms with Crippen molar-refractivity contribution in [2.24, 2.45) is 4.99 Å². The van der Waals surface area contributed by atoms with Crippen LogP contribution in [0.1, 0.15) is 22.5 Å². The predicted molar refractivity (Wildman–Crippen MR) is 117 cm³/mol. The number of halogens is 2. The maximum Gasteiger partial charge on any atom is 0.191 e. The van der Waals surface area contributed by atoms with Crippen molar-refractivity contribution in [2.75, 3.05) is 13.6 Å². The van der Waals surface area contributed by atoms with Gasteiger partial charge in [-0.1, -0.05) is 17.7 Å². The van der Waals surface area contributed by atoms with Crippen LogP contribution in [-0.4, -0.2) is 30.6 Å². The molecule has 25 heavy (non-hydrogen) atoms. The molecule has 2 rings (SSSR count). The number of aromatic nitrogens is 1. The van der Waals surface area contributed by atoms with Gasteiger partial charge in [-0.3, -0.25) is 4.99 Å². The Hall–Kier alpha value is -1.06. The smallest absolute Gasteiger partial charge is 0.191 e. The zero-order valence-electron chi connectivity index (χ0n) is 14.8. The zero-order valence-corrected chi connectivity index (χ0v) is 18.7. The summed E-state index contributed by atoms with van der Waals surface area (Å²) >= 11 is 7.66. The number of aryl methyl sites for hydroxylation is 2. The highest BCUT2D eigenvalue weighted by atomic mass is 127. The normalized spacial score (nSPS) is 12.3. The fourth-order valence-corrected chi connectivity index (χ4v) is 3.23. The molecule has 0 radical (unpaired) electrons. The molecule has 2 N–H and O–H groups in total. The van der Waals surface area contributed by atoms with Crippen molar-refractivity contribution in [3.05, 3.63) is 44.9 Å². The highest BCUT2D eigenvalue weighted by Crippen LogP contribution is 2.18. The van der Waals surface area contributed by atoms with Gasteiger partial charge in [0.2, 0.25) is 0 Å². The minimum atomic E-state index is -0.0191. The molecule has 1 unspecified atom stereocenters. The van der Waals surface area contributed by atoms with Crippen LogP contribution < -0.4 is 15.4 Å². The number of nitrogens with zero attached hydrogens (tertiary/aromatic N) is 2. The van der Waals surface area contributed by atoms with Crippen molar-refractivity contribution in [1.29, 1.82) is 0 Å². The quantitative estimate of drug-likeness (QED) is 0.360. The van der Waals surface area contributed by atoms with Gasteiger partial charge in [0.05, 0.1) is 23.8 Å². The van der Waals surface area contributed by atoms with E-state index in [1.807, 2.05) is 39.0 Å². The maximum atomic E-state index is 5.96. The molecule has 0 saturated carbocycles. The second-order valence-electron chi connectivity index (χ2n) is 5.43. The molecule has 2 aromatic rings. The van der Waals surface area contributed by atoms with E-state index in [0.717, 1.165) is 22.4 Å². The molecule has 5 nitrogen and oxygen atoms in total. The number of aliphatic imine (C=N–C) groups is 1. The van der Waals surface area contributed by atoms with E-state index >= 15 is 0 Å². The second-order valence-corrected chi connectivity index (χ2v) is 7.16.